The summed E-state index contributed by atoms with van der Waals surface area (Å²) in [5.74, 6) is -0.0211. The maximum atomic E-state index is 11.2. The summed E-state index contributed by atoms with van der Waals surface area (Å²) in [5, 5.41) is 18.4. The quantitative estimate of drug-likeness (QED) is 0.489. The number of aliphatic hydroxyl groups is 2. The lowest BCUT2D eigenvalue weighted by Gasteiger charge is -2.19. The second kappa shape index (κ2) is 2.57. The summed E-state index contributed by atoms with van der Waals surface area (Å²) in [5.41, 5.74) is 0.772. The number of hydrogen-bond acceptors (Lipinski definition) is 3. The van der Waals surface area contributed by atoms with Gasteiger partial charge >= 0.3 is 0 Å². The van der Waals surface area contributed by atoms with E-state index in [-0.39, 0.29) is 25.0 Å². The number of aliphatic hydroxyl groups excluding tert-OH is 2. The Morgan fingerprint density at radius 2 is 2.42 bits per heavy atom. The number of carbonyl (C=O) groups excluding carboxylic acids is 1. The molecule has 1 fully saturated rings. The third-order valence-electron chi connectivity index (χ3n) is 2.52. The zero-order valence-corrected chi connectivity index (χ0v) is 6.60. The number of carbonyl (C=O) groups is 1. The van der Waals surface area contributed by atoms with Gasteiger partial charge in [0.15, 0.2) is 0 Å². The maximum Gasteiger partial charge on any atom is 0.226 e. The number of nitrogens with zero attached hydrogens (tertiary/aromatic N) is 1. The van der Waals surface area contributed by atoms with Crippen LogP contribution in [-0.2, 0) is 4.79 Å². The first-order valence-electron chi connectivity index (χ1n) is 4.01. The van der Waals surface area contributed by atoms with Crippen molar-refractivity contribution in [3.05, 3.63) is 11.6 Å². The molecule has 66 valence electrons. The Hall–Kier alpha value is -0.870. The molecule has 0 bridgehead atoms. The molecule has 1 amide bonds. The zero-order valence-electron chi connectivity index (χ0n) is 6.60. The predicted octanol–water partition coefficient (Wildman–Crippen LogP) is -1.12. The molecular formula is C8H11NO3. The zero-order chi connectivity index (χ0) is 8.72. The van der Waals surface area contributed by atoms with E-state index < -0.39 is 6.10 Å². The molecule has 0 radical (unpaired) electrons. The molecule has 2 N–H and O–H groups in total. The van der Waals surface area contributed by atoms with Crippen molar-refractivity contribution in [1.82, 2.24) is 4.90 Å². The molecule has 0 aliphatic carbocycles. The van der Waals surface area contributed by atoms with Gasteiger partial charge in [-0.15, -0.1) is 0 Å². The molecule has 2 heterocycles. The van der Waals surface area contributed by atoms with Gasteiger partial charge in [0.1, 0.15) is 0 Å². The first-order valence-corrected chi connectivity index (χ1v) is 4.01. The highest BCUT2D eigenvalue weighted by Gasteiger charge is 2.42. The van der Waals surface area contributed by atoms with Crippen LogP contribution < -0.4 is 0 Å². The van der Waals surface area contributed by atoms with Gasteiger partial charge < -0.3 is 15.1 Å². The van der Waals surface area contributed by atoms with Crippen molar-refractivity contribution in [1.29, 1.82) is 0 Å². The summed E-state index contributed by atoms with van der Waals surface area (Å²) in [7, 11) is 0. The van der Waals surface area contributed by atoms with Crippen LogP contribution >= 0.6 is 0 Å². The summed E-state index contributed by atoms with van der Waals surface area (Å²) >= 11 is 0. The second-order valence-corrected chi connectivity index (χ2v) is 3.20. The van der Waals surface area contributed by atoms with Crippen LogP contribution in [0.5, 0.6) is 0 Å². The van der Waals surface area contributed by atoms with Gasteiger partial charge in [-0.1, -0.05) is 6.08 Å². The van der Waals surface area contributed by atoms with Gasteiger partial charge in [0.05, 0.1) is 25.2 Å². The van der Waals surface area contributed by atoms with E-state index in [1.54, 1.807) is 4.90 Å². The van der Waals surface area contributed by atoms with Crippen LogP contribution in [0.15, 0.2) is 11.6 Å². The molecule has 0 aromatic heterocycles. The van der Waals surface area contributed by atoms with Crippen molar-refractivity contribution in [2.24, 2.45) is 0 Å². The van der Waals surface area contributed by atoms with Crippen molar-refractivity contribution >= 4 is 5.91 Å². The fourth-order valence-corrected chi connectivity index (χ4v) is 1.93. The van der Waals surface area contributed by atoms with E-state index in [9.17, 15) is 9.90 Å². The third kappa shape index (κ3) is 0.884. The smallest absolute Gasteiger partial charge is 0.226 e. The summed E-state index contributed by atoms with van der Waals surface area (Å²) in [6, 6.07) is -0.248. The minimum absolute atomic E-state index is 0.0211. The molecule has 0 unspecified atom stereocenters. The van der Waals surface area contributed by atoms with E-state index in [2.05, 4.69) is 0 Å². The van der Waals surface area contributed by atoms with Crippen LogP contribution in [0.4, 0.5) is 0 Å². The Morgan fingerprint density at radius 1 is 1.67 bits per heavy atom. The summed E-state index contributed by atoms with van der Waals surface area (Å²) < 4.78 is 0. The summed E-state index contributed by atoms with van der Waals surface area (Å²) in [6.07, 6.45) is 1.38. The molecule has 2 aliphatic heterocycles. The van der Waals surface area contributed by atoms with Crippen molar-refractivity contribution in [3.63, 3.8) is 0 Å². The molecule has 1 saturated heterocycles. The van der Waals surface area contributed by atoms with E-state index in [4.69, 9.17) is 5.11 Å². The first kappa shape index (κ1) is 7.76. The Bertz CT molecular complexity index is 249. The molecular weight excluding hydrogens is 158 g/mol. The van der Waals surface area contributed by atoms with Crippen molar-refractivity contribution < 1.29 is 15.0 Å². The topological polar surface area (TPSA) is 60.8 Å². The molecule has 2 atom stereocenters. The molecule has 4 heteroatoms. The lowest BCUT2D eigenvalue weighted by molar-refractivity contribution is -0.127. The molecule has 0 spiro atoms. The van der Waals surface area contributed by atoms with Crippen molar-refractivity contribution in [2.75, 3.05) is 13.2 Å². The normalized spacial score (nSPS) is 34.0. The summed E-state index contributed by atoms with van der Waals surface area (Å²) in [6.45, 7) is 0.474. The Morgan fingerprint density at radius 3 is 3.08 bits per heavy atom. The first-order chi connectivity index (χ1) is 5.74. The lowest BCUT2D eigenvalue weighted by atomic mass is 10.1. The Kier molecular flexibility index (Phi) is 1.66. The Balaban J connectivity index is 2.23. The van der Waals surface area contributed by atoms with Crippen LogP contribution in [0.1, 0.15) is 6.42 Å². The second-order valence-electron chi connectivity index (χ2n) is 3.20. The molecule has 2 aliphatic rings. The van der Waals surface area contributed by atoms with Crippen LogP contribution in [0.3, 0.4) is 0 Å². The van der Waals surface area contributed by atoms with Crippen LogP contribution in [0.2, 0.25) is 0 Å². The third-order valence-corrected chi connectivity index (χ3v) is 2.52. The van der Waals surface area contributed by atoms with Gasteiger partial charge in [0.2, 0.25) is 5.91 Å². The number of rotatable bonds is 1. The van der Waals surface area contributed by atoms with Crippen molar-refractivity contribution in [3.8, 4) is 0 Å². The Labute approximate surface area is 70.1 Å². The minimum atomic E-state index is -0.626. The number of fused-ring (bicyclic) bond motifs is 1. The monoisotopic (exact) mass is 169 g/mol. The van der Waals surface area contributed by atoms with Crippen molar-refractivity contribution in [2.45, 2.75) is 18.6 Å². The van der Waals surface area contributed by atoms with E-state index in [1.165, 1.54) is 0 Å². The van der Waals surface area contributed by atoms with Gasteiger partial charge in [0.25, 0.3) is 0 Å². The van der Waals surface area contributed by atoms with Gasteiger partial charge in [-0.3, -0.25) is 4.79 Å². The average molecular weight is 169 g/mol. The molecule has 4 nitrogen and oxygen atoms in total. The van der Waals surface area contributed by atoms with Crippen LogP contribution in [-0.4, -0.2) is 46.3 Å². The number of amides is 1. The van der Waals surface area contributed by atoms with Gasteiger partial charge in [-0.05, 0) is 5.57 Å². The standard InChI is InChI=1S/C8H11NO3/c10-4-5-1-2-9-7(12)3-6(11)8(5)9/h1,6,8,10-11H,2-4H2/t6-,8-/m0/s1. The van der Waals surface area contributed by atoms with Gasteiger partial charge in [-0.2, -0.15) is 0 Å². The molecule has 2 rings (SSSR count). The highest BCUT2D eigenvalue weighted by molar-refractivity contribution is 5.81. The molecule has 12 heavy (non-hydrogen) atoms. The van der Waals surface area contributed by atoms with E-state index in [0.717, 1.165) is 5.57 Å². The maximum absolute atomic E-state index is 11.2. The van der Waals surface area contributed by atoms with Gasteiger partial charge in [-0.25, -0.2) is 0 Å². The lowest BCUT2D eigenvalue weighted by Crippen LogP contribution is -2.34. The molecule has 0 aromatic rings. The fourth-order valence-electron chi connectivity index (χ4n) is 1.93. The number of hydrogen-bond donors (Lipinski definition) is 2. The summed E-state index contributed by atoms with van der Waals surface area (Å²) in [4.78, 5) is 12.8. The van der Waals surface area contributed by atoms with E-state index in [1.807, 2.05) is 6.08 Å². The molecule has 0 aromatic carbocycles. The largest absolute Gasteiger partial charge is 0.392 e. The van der Waals surface area contributed by atoms with Crippen LogP contribution in [0, 0.1) is 0 Å². The van der Waals surface area contributed by atoms with Crippen LogP contribution in [0.25, 0.3) is 0 Å². The average Bonchev–Trinajstić information content (AvgIpc) is 2.55. The highest BCUT2D eigenvalue weighted by atomic mass is 16.3. The molecule has 0 saturated carbocycles. The SMILES string of the molecule is O=C1C[C@H](O)[C@@H]2C(CO)=CCN12. The predicted molar refractivity (Wildman–Crippen MR) is 41.3 cm³/mol. The fraction of sp³-hybridized carbons (Fsp3) is 0.625. The highest BCUT2D eigenvalue weighted by Crippen LogP contribution is 2.29. The minimum Gasteiger partial charge on any atom is -0.392 e. The van der Waals surface area contributed by atoms with E-state index in [0.29, 0.717) is 6.54 Å². The van der Waals surface area contributed by atoms with Gasteiger partial charge in [0, 0.05) is 6.54 Å². The van der Waals surface area contributed by atoms with E-state index >= 15 is 0 Å².